The lowest BCUT2D eigenvalue weighted by Crippen LogP contribution is -2.05. The van der Waals surface area contributed by atoms with Gasteiger partial charge in [-0.05, 0) is 26.0 Å². The summed E-state index contributed by atoms with van der Waals surface area (Å²) in [4.78, 5) is 8.93. The molecule has 0 saturated carbocycles. The number of imidazole rings is 1. The summed E-state index contributed by atoms with van der Waals surface area (Å²) in [6, 6.07) is 5.91. The van der Waals surface area contributed by atoms with Crippen molar-refractivity contribution in [3.8, 4) is 5.75 Å². The summed E-state index contributed by atoms with van der Waals surface area (Å²) in [5.74, 6) is 1.30. The minimum atomic E-state index is 0.518. The number of para-hydroxylation sites is 1. The normalized spacial score (nSPS) is 11.1. The Morgan fingerprint density at radius 2 is 2.19 bits per heavy atom. The van der Waals surface area contributed by atoms with E-state index >= 15 is 0 Å². The quantitative estimate of drug-likeness (QED) is 0.786. The van der Waals surface area contributed by atoms with Gasteiger partial charge in [0.15, 0.2) is 0 Å². The summed E-state index contributed by atoms with van der Waals surface area (Å²) < 4.78 is 7.63. The Morgan fingerprint density at radius 3 is 2.90 bits per heavy atom. The van der Waals surface area contributed by atoms with E-state index in [1.54, 1.807) is 11.3 Å². The van der Waals surface area contributed by atoms with Gasteiger partial charge in [0.1, 0.15) is 11.3 Å². The van der Waals surface area contributed by atoms with Crippen LogP contribution in [0.3, 0.4) is 0 Å². The van der Waals surface area contributed by atoms with Crippen LogP contribution in [0.2, 0.25) is 0 Å². The maximum Gasteiger partial charge on any atom is 0.201 e. The molecule has 0 aliphatic rings. The first-order valence-electron chi connectivity index (χ1n) is 6.97. The topological polar surface area (TPSA) is 66.0 Å². The van der Waals surface area contributed by atoms with Crippen LogP contribution in [0.15, 0.2) is 23.6 Å². The first-order valence-corrected chi connectivity index (χ1v) is 7.85. The number of thiazole rings is 1. The van der Waals surface area contributed by atoms with Crippen LogP contribution < -0.4 is 10.5 Å². The molecule has 0 atom stereocenters. The third kappa shape index (κ3) is 2.71. The number of hydrogen-bond donors (Lipinski definition) is 1. The number of anilines is 1. The second-order valence-corrected chi connectivity index (χ2v) is 5.85. The minimum Gasteiger partial charge on any atom is -0.492 e. The van der Waals surface area contributed by atoms with Crippen LogP contribution in [0.1, 0.15) is 17.6 Å². The fourth-order valence-electron chi connectivity index (χ4n) is 2.40. The monoisotopic (exact) mass is 302 g/mol. The van der Waals surface area contributed by atoms with Crippen molar-refractivity contribution in [2.24, 2.45) is 0 Å². The van der Waals surface area contributed by atoms with E-state index in [9.17, 15) is 0 Å². The molecule has 0 unspecified atom stereocenters. The van der Waals surface area contributed by atoms with Crippen molar-refractivity contribution < 1.29 is 4.74 Å². The number of nitrogens with zero attached hydrogens (tertiary/aromatic N) is 3. The molecule has 2 heterocycles. The van der Waals surface area contributed by atoms with Crippen LogP contribution in [0, 0.1) is 6.92 Å². The highest BCUT2D eigenvalue weighted by atomic mass is 32.1. The second kappa shape index (κ2) is 5.73. The van der Waals surface area contributed by atoms with Crippen LogP contribution in [-0.2, 0) is 13.0 Å². The van der Waals surface area contributed by atoms with Gasteiger partial charge in [-0.2, -0.15) is 0 Å². The Labute approximate surface area is 127 Å². The van der Waals surface area contributed by atoms with Gasteiger partial charge in [-0.15, -0.1) is 11.3 Å². The van der Waals surface area contributed by atoms with Crippen LogP contribution in [-0.4, -0.2) is 21.1 Å². The molecule has 2 aromatic heterocycles. The molecular weight excluding hydrogens is 284 g/mol. The number of ether oxygens (including phenoxy) is 1. The standard InChI is InChI=1S/C15H18N4OS/c1-3-20-13-6-4-5-12-14(13)18-15(16)19(12)8-7-11-9-21-10(2)17-11/h4-6,9H,3,7-8H2,1-2H3,(H2,16,18). The molecule has 5 nitrogen and oxygen atoms in total. The summed E-state index contributed by atoms with van der Waals surface area (Å²) >= 11 is 1.67. The lowest BCUT2D eigenvalue weighted by atomic mass is 10.2. The van der Waals surface area contributed by atoms with Gasteiger partial charge in [-0.1, -0.05) is 6.07 Å². The van der Waals surface area contributed by atoms with E-state index in [2.05, 4.69) is 15.3 Å². The molecule has 0 bridgehead atoms. The Bertz CT molecular complexity index is 762. The molecule has 0 spiro atoms. The Hall–Kier alpha value is -2.08. The Morgan fingerprint density at radius 1 is 1.33 bits per heavy atom. The molecule has 3 rings (SSSR count). The zero-order valence-corrected chi connectivity index (χ0v) is 13.0. The number of rotatable bonds is 5. The van der Waals surface area contributed by atoms with E-state index in [0.717, 1.165) is 40.5 Å². The minimum absolute atomic E-state index is 0.518. The number of benzene rings is 1. The van der Waals surface area contributed by atoms with Crippen molar-refractivity contribution in [2.75, 3.05) is 12.3 Å². The molecule has 3 aromatic rings. The van der Waals surface area contributed by atoms with Crippen LogP contribution in [0.5, 0.6) is 5.75 Å². The summed E-state index contributed by atoms with van der Waals surface area (Å²) in [5, 5.41) is 3.18. The third-order valence-corrected chi connectivity index (χ3v) is 4.15. The predicted octanol–water partition coefficient (Wildman–Crippen LogP) is 3.02. The van der Waals surface area contributed by atoms with Crippen molar-refractivity contribution >= 4 is 28.3 Å². The molecule has 0 radical (unpaired) electrons. The SMILES string of the molecule is CCOc1cccc2c1nc(N)n2CCc1csc(C)n1. The first kappa shape index (κ1) is 13.9. The second-order valence-electron chi connectivity index (χ2n) is 4.79. The van der Waals surface area contributed by atoms with Crippen LogP contribution >= 0.6 is 11.3 Å². The van der Waals surface area contributed by atoms with Crippen molar-refractivity contribution in [1.29, 1.82) is 0 Å². The number of nitrogen functional groups attached to an aromatic ring is 1. The summed E-state index contributed by atoms with van der Waals surface area (Å²) in [5.41, 5.74) is 8.99. The van der Waals surface area contributed by atoms with Crippen LogP contribution in [0.25, 0.3) is 11.0 Å². The average molecular weight is 302 g/mol. The van der Waals surface area contributed by atoms with Gasteiger partial charge in [-0.25, -0.2) is 9.97 Å². The first-order chi connectivity index (χ1) is 10.2. The van der Waals surface area contributed by atoms with Crippen molar-refractivity contribution in [2.45, 2.75) is 26.8 Å². The Balaban J connectivity index is 1.91. The highest BCUT2D eigenvalue weighted by Gasteiger charge is 2.12. The van der Waals surface area contributed by atoms with Gasteiger partial charge in [0, 0.05) is 18.3 Å². The average Bonchev–Trinajstić information content (AvgIpc) is 3.01. The number of aromatic nitrogens is 3. The molecule has 0 aliphatic heterocycles. The smallest absolute Gasteiger partial charge is 0.201 e. The number of nitrogens with two attached hydrogens (primary N) is 1. The molecule has 0 aliphatic carbocycles. The van der Waals surface area contributed by atoms with Crippen LogP contribution in [0.4, 0.5) is 5.95 Å². The molecule has 6 heteroatoms. The maximum absolute atomic E-state index is 6.07. The predicted molar refractivity (Wildman–Crippen MR) is 85.9 cm³/mol. The van der Waals surface area contributed by atoms with Crippen molar-refractivity contribution in [3.63, 3.8) is 0 Å². The summed E-state index contributed by atoms with van der Waals surface area (Å²) in [7, 11) is 0. The van der Waals surface area contributed by atoms with E-state index in [1.165, 1.54) is 0 Å². The lowest BCUT2D eigenvalue weighted by Gasteiger charge is -2.06. The van der Waals surface area contributed by atoms with E-state index in [1.807, 2.05) is 36.6 Å². The van der Waals surface area contributed by atoms with E-state index in [-0.39, 0.29) is 0 Å². The molecule has 2 N–H and O–H groups in total. The molecular formula is C15H18N4OS. The van der Waals surface area contributed by atoms with E-state index < -0.39 is 0 Å². The highest BCUT2D eigenvalue weighted by molar-refractivity contribution is 7.09. The molecule has 0 saturated heterocycles. The Kier molecular flexibility index (Phi) is 3.79. The molecule has 0 amide bonds. The van der Waals surface area contributed by atoms with Gasteiger partial charge in [0.2, 0.25) is 5.95 Å². The molecule has 1 aromatic carbocycles. The zero-order chi connectivity index (χ0) is 14.8. The van der Waals surface area contributed by atoms with Crippen molar-refractivity contribution in [1.82, 2.24) is 14.5 Å². The largest absolute Gasteiger partial charge is 0.492 e. The molecule has 0 fully saturated rings. The fraction of sp³-hybridized carbons (Fsp3) is 0.333. The third-order valence-electron chi connectivity index (χ3n) is 3.33. The van der Waals surface area contributed by atoms with Gasteiger partial charge in [0.25, 0.3) is 0 Å². The number of fused-ring (bicyclic) bond motifs is 1. The van der Waals surface area contributed by atoms with Gasteiger partial charge in [0.05, 0.1) is 22.8 Å². The molecule has 21 heavy (non-hydrogen) atoms. The van der Waals surface area contributed by atoms with E-state index in [0.29, 0.717) is 12.6 Å². The molecule has 110 valence electrons. The van der Waals surface area contributed by atoms with Gasteiger partial charge < -0.3 is 15.0 Å². The summed E-state index contributed by atoms with van der Waals surface area (Å²) in [6.07, 6.45) is 0.846. The highest BCUT2D eigenvalue weighted by Crippen LogP contribution is 2.27. The van der Waals surface area contributed by atoms with Crippen molar-refractivity contribution in [3.05, 3.63) is 34.3 Å². The maximum atomic E-state index is 6.07. The van der Waals surface area contributed by atoms with Gasteiger partial charge in [-0.3, -0.25) is 0 Å². The van der Waals surface area contributed by atoms with E-state index in [4.69, 9.17) is 10.5 Å². The number of aryl methyl sites for hydroxylation is 3. The summed E-state index contributed by atoms with van der Waals surface area (Å²) in [6.45, 7) is 5.36. The lowest BCUT2D eigenvalue weighted by molar-refractivity contribution is 0.343. The van der Waals surface area contributed by atoms with Gasteiger partial charge >= 0.3 is 0 Å². The fourth-order valence-corrected chi connectivity index (χ4v) is 3.04. The zero-order valence-electron chi connectivity index (χ0n) is 12.2. The number of hydrogen-bond acceptors (Lipinski definition) is 5.